The molecule has 0 radical (unpaired) electrons. The Balaban J connectivity index is 1.95. The lowest BCUT2D eigenvalue weighted by molar-refractivity contribution is 0.175. The predicted molar refractivity (Wildman–Crippen MR) is 69.6 cm³/mol. The lowest BCUT2D eigenvalue weighted by Crippen LogP contribution is -2.26. The van der Waals surface area contributed by atoms with Gasteiger partial charge in [-0.2, -0.15) is 0 Å². The molecule has 1 aliphatic heterocycles. The molecule has 3 heteroatoms. The van der Waals surface area contributed by atoms with Crippen molar-refractivity contribution < 1.29 is 5.11 Å². The molecular formula is C13H18BrNO. The first-order valence-electron chi connectivity index (χ1n) is 5.81. The van der Waals surface area contributed by atoms with Crippen LogP contribution < -0.4 is 0 Å². The van der Waals surface area contributed by atoms with E-state index in [0.29, 0.717) is 5.92 Å². The quantitative estimate of drug-likeness (QED) is 0.922. The summed E-state index contributed by atoms with van der Waals surface area (Å²) in [5.41, 5.74) is 1.36. The van der Waals surface area contributed by atoms with Crippen molar-refractivity contribution in [3.05, 3.63) is 34.3 Å². The standard InChI is InChI=1S/C13H18BrNO/c1-10(8-15-6-5-13(16)9-15)11-3-2-4-12(14)7-11/h2-4,7,10,13,16H,5-6,8-9H2,1H3/t10?,13-/m1/s1. The number of hydrogen-bond donors (Lipinski definition) is 1. The van der Waals surface area contributed by atoms with Crippen LogP contribution in [0.25, 0.3) is 0 Å². The molecule has 16 heavy (non-hydrogen) atoms. The lowest BCUT2D eigenvalue weighted by Gasteiger charge is -2.20. The van der Waals surface area contributed by atoms with Crippen molar-refractivity contribution in [2.75, 3.05) is 19.6 Å². The average molecular weight is 284 g/mol. The number of aliphatic hydroxyl groups excluding tert-OH is 1. The van der Waals surface area contributed by atoms with E-state index in [2.05, 4.69) is 52.0 Å². The molecule has 0 spiro atoms. The van der Waals surface area contributed by atoms with Gasteiger partial charge in [0.2, 0.25) is 0 Å². The smallest absolute Gasteiger partial charge is 0.0679 e. The predicted octanol–water partition coefficient (Wildman–Crippen LogP) is 2.62. The Labute approximate surface area is 105 Å². The van der Waals surface area contributed by atoms with Crippen molar-refractivity contribution in [3.8, 4) is 0 Å². The largest absolute Gasteiger partial charge is 0.392 e. The van der Waals surface area contributed by atoms with E-state index in [9.17, 15) is 5.11 Å². The SMILES string of the molecule is CC(CN1CC[C@@H](O)C1)c1cccc(Br)c1. The molecule has 2 atom stereocenters. The third kappa shape index (κ3) is 3.06. The summed E-state index contributed by atoms with van der Waals surface area (Å²) in [6.45, 7) is 5.14. The summed E-state index contributed by atoms with van der Waals surface area (Å²) in [5, 5.41) is 9.48. The minimum atomic E-state index is -0.116. The van der Waals surface area contributed by atoms with Crippen LogP contribution in [0, 0.1) is 0 Å². The Morgan fingerprint density at radius 1 is 1.56 bits per heavy atom. The van der Waals surface area contributed by atoms with Gasteiger partial charge in [-0.1, -0.05) is 35.0 Å². The highest BCUT2D eigenvalue weighted by Crippen LogP contribution is 2.22. The second kappa shape index (κ2) is 5.30. The topological polar surface area (TPSA) is 23.5 Å². The van der Waals surface area contributed by atoms with E-state index in [-0.39, 0.29) is 6.10 Å². The summed E-state index contributed by atoms with van der Waals surface area (Å²) in [7, 11) is 0. The van der Waals surface area contributed by atoms with E-state index >= 15 is 0 Å². The van der Waals surface area contributed by atoms with E-state index in [4.69, 9.17) is 0 Å². The fraction of sp³-hybridized carbons (Fsp3) is 0.538. The molecule has 1 unspecified atom stereocenters. The van der Waals surface area contributed by atoms with E-state index in [0.717, 1.165) is 30.5 Å². The van der Waals surface area contributed by atoms with Crippen LogP contribution in [0.15, 0.2) is 28.7 Å². The zero-order valence-electron chi connectivity index (χ0n) is 9.56. The minimum Gasteiger partial charge on any atom is -0.392 e. The first kappa shape index (κ1) is 12.1. The number of halogens is 1. The zero-order valence-corrected chi connectivity index (χ0v) is 11.2. The van der Waals surface area contributed by atoms with Gasteiger partial charge < -0.3 is 10.0 Å². The first-order chi connectivity index (χ1) is 7.65. The number of nitrogens with zero attached hydrogens (tertiary/aromatic N) is 1. The van der Waals surface area contributed by atoms with Crippen LogP contribution in [0.5, 0.6) is 0 Å². The van der Waals surface area contributed by atoms with Gasteiger partial charge in [0.05, 0.1) is 6.10 Å². The molecule has 1 aliphatic rings. The van der Waals surface area contributed by atoms with Gasteiger partial charge >= 0.3 is 0 Å². The molecule has 0 aromatic heterocycles. The highest BCUT2D eigenvalue weighted by Gasteiger charge is 2.21. The second-order valence-corrected chi connectivity index (χ2v) is 5.57. The molecule has 1 fully saturated rings. The van der Waals surface area contributed by atoms with Gasteiger partial charge in [0.15, 0.2) is 0 Å². The Morgan fingerprint density at radius 3 is 3.00 bits per heavy atom. The molecule has 1 N–H and O–H groups in total. The molecular weight excluding hydrogens is 266 g/mol. The van der Waals surface area contributed by atoms with Crippen LogP contribution in [-0.2, 0) is 0 Å². The fourth-order valence-electron chi connectivity index (χ4n) is 2.28. The van der Waals surface area contributed by atoms with Crippen molar-refractivity contribution in [1.82, 2.24) is 4.90 Å². The van der Waals surface area contributed by atoms with Gasteiger partial charge in [-0.05, 0) is 30.0 Å². The number of β-amino-alcohol motifs (C(OH)–C–C–N with tert-alkyl or cyclic N) is 1. The summed E-state index contributed by atoms with van der Waals surface area (Å²) in [4.78, 5) is 2.34. The van der Waals surface area contributed by atoms with Gasteiger partial charge in [0, 0.05) is 24.1 Å². The van der Waals surface area contributed by atoms with Crippen LogP contribution in [0.2, 0.25) is 0 Å². The van der Waals surface area contributed by atoms with Gasteiger partial charge in [-0.3, -0.25) is 0 Å². The van der Waals surface area contributed by atoms with Crippen molar-refractivity contribution in [1.29, 1.82) is 0 Å². The van der Waals surface area contributed by atoms with Crippen LogP contribution in [-0.4, -0.2) is 35.7 Å². The van der Waals surface area contributed by atoms with E-state index < -0.39 is 0 Å². The maximum Gasteiger partial charge on any atom is 0.0679 e. The molecule has 0 amide bonds. The number of rotatable bonds is 3. The molecule has 0 saturated carbocycles. The molecule has 0 aliphatic carbocycles. The van der Waals surface area contributed by atoms with Crippen molar-refractivity contribution in [2.45, 2.75) is 25.4 Å². The summed E-state index contributed by atoms with van der Waals surface area (Å²) in [6.07, 6.45) is 0.806. The Bertz CT molecular complexity index is 356. The van der Waals surface area contributed by atoms with Crippen molar-refractivity contribution in [2.24, 2.45) is 0 Å². The van der Waals surface area contributed by atoms with Gasteiger partial charge in [-0.25, -0.2) is 0 Å². The van der Waals surface area contributed by atoms with Crippen molar-refractivity contribution in [3.63, 3.8) is 0 Å². The monoisotopic (exact) mass is 283 g/mol. The van der Waals surface area contributed by atoms with E-state index in [1.165, 1.54) is 5.56 Å². The second-order valence-electron chi connectivity index (χ2n) is 4.66. The molecule has 0 bridgehead atoms. The molecule has 2 nitrogen and oxygen atoms in total. The van der Waals surface area contributed by atoms with Crippen molar-refractivity contribution >= 4 is 15.9 Å². The van der Waals surface area contributed by atoms with Crippen LogP contribution in [0.3, 0.4) is 0 Å². The summed E-state index contributed by atoms with van der Waals surface area (Å²) >= 11 is 3.50. The summed E-state index contributed by atoms with van der Waals surface area (Å²) in [6, 6.07) is 8.48. The molecule has 1 aromatic carbocycles. The lowest BCUT2D eigenvalue weighted by atomic mass is 10.0. The Kier molecular flexibility index (Phi) is 4.00. The molecule has 1 heterocycles. The minimum absolute atomic E-state index is 0.116. The average Bonchev–Trinajstić information content (AvgIpc) is 2.64. The highest BCUT2D eigenvalue weighted by atomic mass is 79.9. The van der Waals surface area contributed by atoms with E-state index in [1.54, 1.807) is 0 Å². The third-order valence-corrected chi connectivity index (χ3v) is 3.69. The maximum absolute atomic E-state index is 9.48. The number of benzene rings is 1. The highest BCUT2D eigenvalue weighted by molar-refractivity contribution is 9.10. The fourth-order valence-corrected chi connectivity index (χ4v) is 2.70. The third-order valence-electron chi connectivity index (χ3n) is 3.20. The normalized spacial score (nSPS) is 23.6. The van der Waals surface area contributed by atoms with E-state index in [1.807, 2.05) is 0 Å². The molecule has 1 saturated heterocycles. The number of aliphatic hydroxyl groups is 1. The van der Waals surface area contributed by atoms with Crippen LogP contribution in [0.1, 0.15) is 24.8 Å². The molecule has 1 aromatic rings. The zero-order chi connectivity index (χ0) is 11.5. The molecule has 2 rings (SSSR count). The van der Waals surface area contributed by atoms with Crippen LogP contribution >= 0.6 is 15.9 Å². The maximum atomic E-state index is 9.48. The number of hydrogen-bond acceptors (Lipinski definition) is 2. The first-order valence-corrected chi connectivity index (χ1v) is 6.60. The van der Waals surface area contributed by atoms with Gasteiger partial charge in [0.1, 0.15) is 0 Å². The van der Waals surface area contributed by atoms with Gasteiger partial charge in [-0.15, -0.1) is 0 Å². The summed E-state index contributed by atoms with van der Waals surface area (Å²) < 4.78 is 1.14. The number of likely N-dealkylation sites (tertiary alicyclic amines) is 1. The van der Waals surface area contributed by atoms with Gasteiger partial charge in [0.25, 0.3) is 0 Å². The van der Waals surface area contributed by atoms with Crippen LogP contribution in [0.4, 0.5) is 0 Å². The summed E-state index contributed by atoms with van der Waals surface area (Å²) in [5.74, 6) is 0.516. The Morgan fingerprint density at radius 2 is 2.38 bits per heavy atom. The Hall–Kier alpha value is -0.380. The molecule has 88 valence electrons.